The van der Waals surface area contributed by atoms with Gasteiger partial charge in [-0.2, -0.15) is 0 Å². The van der Waals surface area contributed by atoms with Gasteiger partial charge in [0.25, 0.3) is 5.91 Å². The fourth-order valence-electron chi connectivity index (χ4n) is 2.32. The van der Waals surface area contributed by atoms with E-state index < -0.39 is 5.79 Å². The second kappa shape index (κ2) is 4.60. The molecule has 0 N–H and O–H groups in total. The van der Waals surface area contributed by atoms with Crippen LogP contribution < -0.4 is 0 Å². The zero-order valence-electron chi connectivity index (χ0n) is 9.76. The molecule has 1 aromatic rings. The summed E-state index contributed by atoms with van der Waals surface area (Å²) in [5, 5.41) is 0. The Morgan fingerprint density at radius 3 is 2.83 bits per heavy atom. The first kappa shape index (κ1) is 12.1. The standard InChI is InChI=1S/C12H13BrN2O3/c13-9-1-2-10(14-7-9)11(16)15-4-3-12(8-15)17-5-6-18-12/h1-2,7H,3-6,8H2. The number of ether oxygens (including phenoxy) is 2. The van der Waals surface area contributed by atoms with Crippen LogP contribution >= 0.6 is 15.9 Å². The lowest BCUT2D eigenvalue weighted by Crippen LogP contribution is -2.37. The predicted octanol–water partition coefficient (Wildman–Crippen LogP) is 1.43. The predicted molar refractivity (Wildman–Crippen MR) is 67.1 cm³/mol. The van der Waals surface area contributed by atoms with E-state index in [0.29, 0.717) is 32.0 Å². The van der Waals surface area contributed by atoms with Crippen LogP contribution in [-0.4, -0.2) is 47.9 Å². The summed E-state index contributed by atoms with van der Waals surface area (Å²) in [6.45, 7) is 2.36. The molecule has 18 heavy (non-hydrogen) atoms. The highest BCUT2D eigenvalue weighted by atomic mass is 79.9. The summed E-state index contributed by atoms with van der Waals surface area (Å²) >= 11 is 3.30. The molecule has 0 aliphatic carbocycles. The molecular formula is C12H13BrN2O3. The van der Waals surface area contributed by atoms with Crippen LogP contribution in [0.2, 0.25) is 0 Å². The number of hydrogen-bond acceptors (Lipinski definition) is 4. The largest absolute Gasteiger partial charge is 0.346 e. The number of rotatable bonds is 1. The van der Waals surface area contributed by atoms with Crippen LogP contribution in [0.3, 0.4) is 0 Å². The summed E-state index contributed by atoms with van der Waals surface area (Å²) in [6.07, 6.45) is 2.36. The van der Waals surface area contributed by atoms with Crippen molar-refractivity contribution in [2.24, 2.45) is 0 Å². The molecule has 0 aromatic carbocycles. The molecule has 0 atom stereocenters. The number of aromatic nitrogens is 1. The molecule has 2 fully saturated rings. The summed E-state index contributed by atoms with van der Waals surface area (Å²) in [7, 11) is 0. The van der Waals surface area contributed by atoms with Gasteiger partial charge in [-0.05, 0) is 28.1 Å². The monoisotopic (exact) mass is 312 g/mol. The van der Waals surface area contributed by atoms with Crippen LogP contribution in [-0.2, 0) is 9.47 Å². The van der Waals surface area contributed by atoms with Crippen molar-refractivity contribution in [2.45, 2.75) is 12.2 Å². The number of carbonyl (C=O) groups is 1. The van der Waals surface area contributed by atoms with E-state index in [4.69, 9.17) is 9.47 Å². The highest BCUT2D eigenvalue weighted by molar-refractivity contribution is 9.10. The Balaban J connectivity index is 1.72. The molecule has 0 radical (unpaired) electrons. The minimum Gasteiger partial charge on any atom is -0.346 e. The van der Waals surface area contributed by atoms with Crippen molar-refractivity contribution < 1.29 is 14.3 Å². The summed E-state index contributed by atoms with van der Waals surface area (Å²) < 4.78 is 12.0. The van der Waals surface area contributed by atoms with E-state index in [9.17, 15) is 4.79 Å². The maximum atomic E-state index is 12.2. The first-order valence-corrected chi connectivity index (χ1v) is 6.67. The van der Waals surface area contributed by atoms with Crippen LogP contribution in [0.25, 0.3) is 0 Å². The first-order chi connectivity index (χ1) is 8.69. The number of carbonyl (C=O) groups excluding carboxylic acids is 1. The summed E-state index contributed by atoms with van der Waals surface area (Å²) in [5.74, 6) is -0.635. The maximum absolute atomic E-state index is 12.2. The average molecular weight is 313 g/mol. The highest BCUT2D eigenvalue weighted by Gasteiger charge is 2.45. The topological polar surface area (TPSA) is 51.7 Å². The van der Waals surface area contributed by atoms with Crippen molar-refractivity contribution in [3.05, 3.63) is 28.5 Å². The molecule has 96 valence electrons. The molecule has 6 heteroatoms. The number of hydrogen-bond donors (Lipinski definition) is 0. The number of amides is 1. The van der Waals surface area contributed by atoms with E-state index in [2.05, 4.69) is 20.9 Å². The zero-order chi connectivity index (χ0) is 12.6. The number of halogens is 1. The van der Waals surface area contributed by atoms with E-state index in [1.54, 1.807) is 17.2 Å². The van der Waals surface area contributed by atoms with Gasteiger partial charge in [0.1, 0.15) is 5.69 Å². The SMILES string of the molecule is O=C(c1ccc(Br)cn1)N1CCC2(C1)OCCO2. The van der Waals surface area contributed by atoms with Gasteiger partial charge < -0.3 is 14.4 Å². The Morgan fingerprint density at radius 2 is 2.17 bits per heavy atom. The molecule has 2 aliphatic heterocycles. The molecule has 0 bridgehead atoms. The number of likely N-dealkylation sites (tertiary alicyclic amines) is 1. The molecule has 3 rings (SSSR count). The fourth-order valence-corrected chi connectivity index (χ4v) is 2.56. The lowest BCUT2D eigenvalue weighted by molar-refractivity contribution is -0.143. The Bertz CT molecular complexity index is 457. The normalized spacial score (nSPS) is 21.7. The first-order valence-electron chi connectivity index (χ1n) is 5.87. The molecule has 5 nitrogen and oxygen atoms in total. The minimum absolute atomic E-state index is 0.0709. The molecule has 1 spiro atoms. The van der Waals surface area contributed by atoms with E-state index in [1.165, 1.54) is 0 Å². The third-order valence-electron chi connectivity index (χ3n) is 3.24. The molecule has 1 aromatic heterocycles. The van der Waals surface area contributed by atoms with Gasteiger partial charge in [-0.25, -0.2) is 4.98 Å². The molecule has 2 aliphatic rings. The van der Waals surface area contributed by atoms with Gasteiger partial charge in [-0.15, -0.1) is 0 Å². The lowest BCUT2D eigenvalue weighted by atomic mass is 10.2. The van der Waals surface area contributed by atoms with E-state index in [1.807, 2.05) is 6.07 Å². The summed E-state index contributed by atoms with van der Waals surface area (Å²) in [4.78, 5) is 18.1. The second-order valence-corrected chi connectivity index (χ2v) is 5.36. The van der Waals surface area contributed by atoms with Crippen molar-refractivity contribution in [3.63, 3.8) is 0 Å². The van der Waals surface area contributed by atoms with Gasteiger partial charge in [0.05, 0.1) is 19.8 Å². The molecule has 2 saturated heterocycles. The molecule has 3 heterocycles. The van der Waals surface area contributed by atoms with E-state index in [0.717, 1.165) is 10.9 Å². The van der Waals surface area contributed by atoms with Gasteiger partial charge >= 0.3 is 0 Å². The smallest absolute Gasteiger partial charge is 0.272 e. The molecular weight excluding hydrogens is 300 g/mol. The minimum atomic E-state index is -0.564. The van der Waals surface area contributed by atoms with Gasteiger partial charge in [0, 0.05) is 23.6 Å². The average Bonchev–Trinajstić information content (AvgIpc) is 3.01. The van der Waals surface area contributed by atoms with Crippen molar-refractivity contribution >= 4 is 21.8 Å². The Labute approximate surface area is 113 Å². The van der Waals surface area contributed by atoms with Crippen molar-refractivity contribution in [1.82, 2.24) is 9.88 Å². The number of pyridine rings is 1. The van der Waals surface area contributed by atoms with Gasteiger partial charge in [-0.1, -0.05) is 0 Å². The van der Waals surface area contributed by atoms with Crippen LogP contribution in [0.15, 0.2) is 22.8 Å². The van der Waals surface area contributed by atoms with Crippen molar-refractivity contribution in [3.8, 4) is 0 Å². The Kier molecular flexibility index (Phi) is 3.09. The van der Waals surface area contributed by atoms with Crippen LogP contribution in [0.1, 0.15) is 16.9 Å². The third-order valence-corrected chi connectivity index (χ3v) is 3.71. The second-order valence-electron chi connectivity index (χ2n) is 4.45. The Hall–Kier alpha value is -0.980. The highest BCUT2D eigenvalue weighted by Crippen LogP contribution is 2.31. The lowest BCUT2D eigenvalue weighted by Gasteiger charge is -2.22. The molecule has 0 unspecified atom stereocenters. The fraction of sp³-hybridized carbons (Fsp3) is 0.500. The van der Waals surface area contributed by atoms with Crippen LogP contribution in [0.5, 0.6) is 0 Å². The van der Waals surface area contributed by atoms with Gasteiger partial charge in [-0.3, -0.25) is 4.79 Å². The maximum Gasteiger partial charge on any atom is 0.272 e. The molecule has 1 amide bonds. The van der Waals surface area contributed by atoms with E-state index in [-0.39, 0.29) is 5.91 Å². The molecule has 0 saturated carbocycles. The van der Waals surface area contributed by atoms with Crippen LogP contribution in [0.4, 0.5) is 0 Å². The number of nitrogens with zero attached hydrogens (tertiary/aromatic N) is 2. The summed E-state index contributed by atoms with van der Waals surface area (Å²) in [6, 6.07) is 3.53. The zero-order valence-corrected chi connectivity index (χ0v) is 11.4. The Morgan fingerprint density at radius 1 is 1.39 bits per heavy atom. The summed E-state index contributed by atoms with van der Waals surface area (Å²) in [5.41, 5.74) is 0.452. The van der Waals surface area contributed by atoms with Gasteiger partial charge in [0.2, 0.25) is 0 Å². The van der Waals surface area contributed by atoms with Crippen LogP contribution in [0, 0.1) is 0 Å². The third kappa shape index (κ3) is 2.15. The van der Waals surface area contributed by atoms with E-state index >= 15 is 0 Å². The van der Waals surface area contributed by atoms with Gasteiger partial charge in [0.15, 0.2) is 5.79 Å². The van der Waals surface area contributed by atoms with Crippen molar-refractivity contribution in [1.29, 1.82) is 0 Å². The quantitative estimate of drug-likeness (QED) is 0.787. The van der Waals surface area contributed by atoms with Crippen molar-refractivity contribution in [2.75, 3.05) is 26.3 Å².